The zero-order valence-corrected chi connectivity index (χ0v) is 12.3. The second-order valence-electron chi connectivity index (χ2n) is 8.07. The third-order valence-corrected chi connectivity index (χ3v) is 4.43. The summed E-state index contributed by atoms with van der Waals surface area (Å²) in [7, 11) is 0. The summed E-state index contributed by atoms with van der Waals surface area (Å²) in [5.74, 6) is 0. The zero-order chi connectivity index (χ0) is 12.8. The number of piperidine rings is 1. The van der Waals surface area contributed by atoms with Gasteiger partial charge in [-0.2, -0.15) is 0 Å². The molecule has 2 heteroatoms. The predicted molar refractivity (Wildman–Crippen MR) is 74.0 cm³/mol. The Hall–Kier alpha value is -0.0800. The molecule has 17 heavy (non-hydrogen) atoms. The Morgan fingerprint density at radius 3 is 1.88 bits per heavy atom. The molecule has 2 unspecified atom stereocenters. The summed E-state index contributed by atoms with van der Waals surface area (Å²) in [6.45, 7) is 11.9. The molecule has 2 rings (SSSR count). The van der Waals surface area contributed by atoms with E-state index in [0.717, 1.165) is 12.1 Å². The molecule has 0 amide bonds. The molecule has 2 nitrogen and oxygen atoms in total. The summed E-state index contributed by atoms with van der Waals surface area (Å²) in [5.41, 5.74) is 6.89. The second-order valence-corrected chi connectivity index (χ2v) is 8.07. The molecule has 2 N–H and O–H groups in total. The van der Waals surface area contributed by atoms with Crippen molar-refractivity contribution < 1.29 is 0 Å². The highest BCUT2D eigenvalue weighted by molar-refractivity contribution is 5.03. The summed E-state index contributed by atoms with van der Waals surface area (Å²) < 4.78 is 0. The number of nitrogens with zero attached hydrogens (tertiary/aromatic N) is 1. The fourth-order valence-electron chi connectivity index (χ4n) is 4.60. The highest BCUT2D eigenvalue weighted by atomic mass is 15.3. The topological polar surface area (TPSA) is 29.3 Å². The van der Waals surface area contributed by atoms with Crippen LogP contribution < -0.4 is 5.73 Å². The second kappa shape index (κ2) is 4.24. The molecule has 2 heterocycles. The molecule has 100 valence electrons. The maximum absolute atomic E-state index is 6.16. The molecule has 0 spiro atoms. The van der Waals surface area contributed by atoms with E-state index in [2.05, 4.69) is 39.5 Å². The molecular weight excluding hydrogens is 208 g/mol. The Bertz CT molecular complexity index is 263. The number of hydrogen-bond donors (Lipinski definition) is 1. The Morgan fingerprint density at radius 2 is 1.47 bits per heavy atom. The van der Waals surface area contributed by atoms with Crippen LogP contribution in [-0.2, 0) is 0 Å². The van der Waals surface area contributed by atoms with Crippen LogP contribution in [0, 0.1) is 5.41 Å². The fourth-order valence-corrected chi connectivity index (χ4v) is 4.60. The summed E-state index contributed by atoms with van der Waals surface area (Å²) in [6, 6.07) is 1.95. The first-order valence-electron chi connectivity index (χ1n) is 7.23. The van der Waals surface area contributed by atoms with Crippen molar-refractivity contribution in [2.24, 2.45) is 11.1 Å². The van der Waals surface area contributed by atoms with Gasteiger partial charge in [0.05, 0.1) is 0 Å². The van der Waals surface area contributed by atoms with Crippen LogP contribution in [0.15, 0.2) is 0 Å². The molecule has 2 fully saturated rings. The van der Waals surface area contributed by atoms with Gasteiger partial charge in [0.2, 0.25) is 0 Å². The van der Waals surface area contributed by atoms with Crippen LogP contribution in [0.4, 0.5) is 0 Å². The SMILES string of the molecule is CC(C)(C)CC(C)(C)N1C2CCC1CC(N)C2. The molecular formula is C15H30N2. The van der Waals surface area contributed by atoms with E-state index in [9.17, 15) is 0 Å². The minimum Gasteiger partial charge on any atom is -0.328 e. The molecule has 2 atom stereocenters. The first-order valence-corrected chi connectivity index (χ1v) is 7.23. The Balaban J connectivity index is 2.12. The standard InChI is InChI=1S/C15H30N2/c1-14(2,3)10-15(4,5)17-12-6-7-13(17)9-11(16)8-12/h11-13H,6-10,16H2,1-5H3. The van der Waals surface area contributed by atoms with Crippen LogP contribution >= 0.6 is 0 Å². The van der Waals surface area contributed by atoms with Gasteiger partial charge in [0.25, 0.3) is 0 Å². The van der Waals surface area contributed by atoms with Crippen molar-refractivity contribution in [2.75, 3.05) is 0 Å². The van der Waals surface area contributed by atoms with Gasteiger partial charge in [-0.05, 0) is 51.4 Å². The maximum Gasteiger partial charge on any atom is 0.0164 e. The zero-order valence-electron chi connectivity index (χ0n) is 12.3. The number of hydrogen-bond acceptors (Lipinski definition) is 2. The van der Waals surface area contributed by atoms with Crippen molar-refractivity contribution in [3.63, 3.8) is 0 Å². The first kappa shape index (κ1) is 13.4. The number of rotatable bonds is 2. The smallest absolute Gasteiger partial charge is 0.0164 e. The summed E-state index contributed by atoms with van der Waals surface area (Å²) >= 11 is 0. The molecule has 2 aliphatic heterocycles. The third kappa shape index (κ3) is 2.85. The molecule has 0 radical (unpaired) electrons. The van der Waals surface area contributed by atoms with Gasteiger partial charge in [-0.25, -0.2) is 0 Å². The molecule has 0 saturated carbocycles. The lowest BCUT2D eigenvalue weighted by Gasteiger charge is -2.50. The van der Waals surface area contributed by atoms with Crippen LogP contribution in [0.25, 0.3) is 0 Å². The van der Waals surface area contributed by atoms with Crippen molar-refractivity contribution in [3.05, 3.63) is 0 Å². The van der Waals surface area contributed by atoms with Gasteiger partial charge < -0.3 is 5.73 Å². The van der Waals surface area contributed by atoms with Crippen molar-refractivity contribution in [2.45, 2.75) is 90.4 Å². The van der Waals surface area contributed by atoms with E-state index in [4.69, 9.17) is 5.73 Å². The number of nitrogens with two attached hydrogens (primary N) is 1. The van der Waals surface area contributed by atoms with Crippen LogP contribution in [0.3, 0.4) is 0 Å². The van der Waals surface area contributed by atoms with Crippen LogP contribution in [0.2, 0.25) is 0 Å². The predicted octanol–water partition coefficient (Wildman–Crippen LogP) is 3.16. The quantitative estimate of drug-likeness (QED) is 0.800. The average Bonchev–Trinajstić information content (AvgIpc) is 2.36. The van der Waals surface area contributed by atoms with E-state index in [0.29, 0.717) is 17.0 Å². The Labute approximate surface area is 107 Å². The fraction of sp³-hybridized carbons (Fsp3) is 1.00. The van der Waals surface area contributed by atoms with Gasteiger partial charge in [-0.15, -0.1) is 0 Å². The Morgan fingerprint density at radius 1 is 1.00 bits per heavy atom. The normalized spacial score (nSPS) is 35.3. The van der Waals surface area contributed by atoms with Crippen molar-refractivity contribution in [3.8, 4) is 0 Å². The lowest BCUT2D eigenvalue weighted by molar-refractivity contribution is 0.00227. The lowest BCUT2D eigenvalue weighted by Crippen LogP contribution is -2.57. The van der Waals surface area contributed by atoms with E-state index in [-0.39, 0.29) is 0 Å². The lowest BCUT2D eigenvalue weighted by atomic mass is 9.78. The molecule has 2 saturated heterocycles. The minimum atomic E-state index is 0.324. The maximum atomic E-state index is 6.16. The monoisotopic (exact) mass is 238 g/mol. The van der Waals surface area contributed by atoms with Crippen molar-refractivity contribution in [1.29, 1.82) is 0 Å². The molecule has 0 aliphatic carbocycles. The van der Waals surface area contributed by atoms with Gasteiger partial charge in [0, 0.05) is 23.7 Å². The number of fused-ring (bicyclic) bond motifs is 2. The molecule has 2 aliphatic rings. The van der Waals surface area contributed by atoms with E-state index in [1.54, 1.807) is 0 Å². The van der Waals surface area contributed by atoms with Crippen LogP contribution in [0.1, 0.15) is 66.7 Å². The highest BCUT2D eigenvalue weighted by Crippen LogP contribution is 2.43. The first-order chi connectivity index (χ1) is 7.69. The van der Waals surface area contributed by atoms with Gasteiger partial charge >= 0.3 is 0 Å². The van der Waals surface area contributed by atoms with Crippen LogP contribution in [0.5, 0.6) is 0 Å². The van der Waals surface area contributed by atoms with E-state index in [1.807, 2.05) is 0 Å². The van der Waals surface area contributed by atoms with Gasteiger partial charge in [-0.3, -0.25) is 4.90 Å². The highest BCUT2D eigenvalue weighted by Gasteiger charge is 2.46. The average molecular weight is 238 g/mol. The van der Waals surface area contributed by atoms with Gasteiger partial charge in [0.1, 0.15) is 0 Å². The summed E-state index contributed by atoms with van der Waals surface area (Å²) in [6.07, 6.45) is 6.42. The van der Waals surface area contributed by atoms with E-state index < -0.39 is 0 Å². The largest absolute Gasteiger partial charge is 0.328 e. The van der Waals surface area contributed by atoms with Gasteiger partial charge in [0.15, 0.2) is 0 Å². The van der Waals surface area contributed by atoms with Crippen LogP contribution in [-0.4, -0.2) is 28.6 Å². The van der Waals surface area contributed by atoms with Crippen molar-refractivity contribution in [1.82, 2.24) is 4.90 Å². The molecule has 0 aromatic rings. The molecule has 0 aromatic heterocycles. The van der Waals surface area contributed by atoms with E-state index >= 15 is 0 Å². The Kier molecular flexibility index (Phi) is 3.33. The molecule has 2 bridgehead atoms. The minimum absolute atomic E-state index is 0.324. The summed E-state index contributed by atoms with van der Waals surface area (Å²) in [4.78, 5) is 2.81. The van der Waals surface area contributed by atoms with Gasteiger partial charge in [-0.1, -0.05) is 20.8 Å². The van der Waals surface area contributed by atoms with E-state index in [1.165, 1.54) is 32.1 Å². The van der Waals surface area contributed by atoms with Crippen molar-refractivity contribution >= 4 is 0 Å². The summed E-state index contributed by atoms with van der Waals surface area (Å²) in [5, 5.41) is 0. The third-order valence-electron chi connectivity index (χ3n) is 4.43. The molecule has 0 aromatic carbocycles.